The summed E-state index contributed by atoms with van der Waals surface area (Å²) in [6.07, 6.45) is 1.38. The summed E-state index contributed by atoms with van der Waals surface area (Å²) < 4.78 is 5.54. The summed E-state index contributed by atoms with van der Waals surface area (Å²) in [4.78, 5) is 20.6. The van der Waals surface area contributed by atoms with Gasteiger partial charge in [-0.05, 0) is 35.9 Å². The van der Waals surface area contributed by atoms with Gasteiger partial charge in [-0.2, -0.15) is 0 Å². The first-order valence-corrected chi connectivity index (χ1v) is 9.84. The molecule has 1 atom stereocenters. The van der Waals surface area contributed by atoms with E-state index in [9.17, 15) is 4.79 Å². The number of hydrogen-bond donors (Lipinski definition) is 0. The van der Waals surface area contributed by atoms with E-state index in [1.165, 1.54) is 5.56 Å². The summed E-state index contributed by atoms with van der Waals surface area (Å²) in [7, 11) is 2.09. The monoisotopic (exact) mass is 387 g/mol. The third-order valence-electron chi connectivity index (χ3n) is 5.07. The van der Waals surface area contributed by atoms with Crippen molar-refractivity contribution in [2.45, 2.75) is 25.7 Å². The topological polar surface area (TPSA) is 45.7 Å². The van der Waals surface area contributed by atoms with Crippen molar-refractivity contribution >= 4 is 6.09 Å². The van der Waals surface area contributed by atoms with E-state index in [1.807, 2.05) is 54.7 Å². The van der Waals surface area contributed by atoms with Crippen LogP contribution in [0.25, 0.3) is 0 Å². The van der Waals surface area contributed by atoms with Gasteiger partial charge in [-0.15, -0.1) is 0 Å². The van der Waals surface area contributed by atoms with Crippen LogP contribution >= 0.6 is 0 Å². The molecule has 148 valence electrons. The largest absolute Gasteiger partial charge is 0.439 e. The normalized spacial score (nSPS) is 16.3. The zero-order chi connectivity index (χ0) is 20.1. The van der Waals surface area contributed by atoms with Crippen LogP contribution in [0.3, 0.4) is 0 Å². The predicted molar refractivity (Wildman–Crippen MR) is 112 cm³/mol. The molecule has 2 aromatic carbocycles. The van der Waals surface area contributed by atoms with Crippen molar-refractivity contribution in [1.82, 2.24) is 14.8 Å². The van der Waals surface area contributed by atoms with Crippen LogP contribution in [0.1, 0.15) is 28.5 Å². The number of cyclic esters (lactones) is 1. The Morgan fingerprint density at radius 1 is 0.966 bits per heavy atom. The summed E-state index contributed by atoms with van der Waals surface area (Å²) in [6, 6.07) is 24.3. The van der Waals surface area contributed by atoms with Crippen molar-refractivity contribution in [2.75, 3.05) is 13.6 Å². The van der Waals surface area contributed by atoms with Crippen molar-refractivity contribution in [3.05, 3.63) is 101 Å². The highest BCUT2D eigenvalue weighted by Gasteiger charge is 2.32. The molecule has 2 heterocycles. The van der Waals surface area contributed by atoms with Crippen LogP contribution in [0.5, 0.6) is 0 Å². The van der Waals surface area contributed by atoms with Crippen LogP contribution in [0.4, 0.5) is 4.79 Å². The van der Waals surface area contributed by atoms with Crippen LogP contribution in [0.2, 0.25) is 0 Å². The number of amides is 1. The van der Waals surface area contributed by atoms with Crippen molar-refractivity contribution in [3.63, 3.8) is 0 Å². The van der Waals surface area contributed by atoms with Crippen LogP contribution in [-0.2, 0) is 24.4 Å². The fraction of sp³-hybridized carbons (Fsp3) is 0.250. The Labute approximate surface area is 171 Å². The van der Waals surface area contributed by atoms with Gasteiger partial charge in [-0.25, -0.2) is 4.79 Å². The lowest BCUT2D eigenvalue weighted by molar-refractivity contribution is 0.132. The zero-order valence-corrected chi connectivity index (χ0v) is 16.6. The molecule has 0 saturated carbocycles. The summed E-state index contributed by atoms with van der Waals surface area (Å²) >= 11 is 0. The Bertz CT molecular complexity index is 929. The average molecular weight is 387 g/mol. The highest BCUT2D eigenvalue weighted by atomic mass is 16.6. The molecule has 1 fully saturated rings. The smallest absolute Gasteiger partial charge is 0.410 e. The molecule has 1 saturated heterocycles. The second-order valence-corrected chi connectivity index (χ2v) is 7.47. The molecule has 0 aliphatic carbocycles. The Kier molecular flexibility index (Phi) is 5.86. The molecule has 3 aromatic rings. The maximum absolute atomic E-state index is 12.2. The molecule has 1 aliphatic rings. The minimum absolute atomic E-state index is 0.191. The summed E-state index contributed by atoms with van der Waals surface area (Å²) in [5, 5.41) is 0. The molecule has 0 bridgehead atoms. The molecule has 1 unspecified atom stereocenters. The first-order valence-electron chi connectivity index (χ1n) is 9.84. The van der Waals surface area contributed by atoms with Crippen molar-refractivity contribution in [2.24, 2.45) is 0 Å². The second-order valence-electron chi connectivity index (χ2n) is 7.47. The average Bonchev–Trinajstić information content (AvgIpc) is 3.11. The molecular weight excluding hydrogens is 362 g/mol. The van der Waals surface area contributed by atoms with Gasteiger partial charge in [-0.3, -0.25) is 14.8 Å². The van der Waals surface area contributed by atoms with Crippen molar-refractivity contribution < 1.29 is 9.53 Å². The van der Waals surface area contributed by atoms with E-state index >= 15 is 0 Å². The number of nitrogens with zero attached hydrogens (tertiary/aromatic N) is 3. The number of carbonyl (C=O) groups is 1. The first kappa shape index (κ1) is 19.2. The third kappa shape index (κ3) is 5.00. The zero-order valence-electron chi connectivity index (χ0n) is 16.6. The SMILES string of the molecule is CN(Cc1ccc(CN2CC(c3ccccc3)OC2=O)cc1)Cc1ccccn1. The fourth-order valence-electron chi connectivity index (χ4n) is 3.58. The predicted octanol–water partition coefficient (Wildman–Crippen LogP) is 4.41. The molecule has 29 heavy (non-hydrogen) atoms. The van der Waals surface area contributed by atoms with Gasteiger partial charge in [0.05, 0.1) is 12.2 Å². The Morgan fingerprint density at radius 3 is 2.41 bits per heavy atom. The van der Waals surface area contributed by atoms with Crippen molar-refractivity contribution in [3.8, 4) is 0 Å². The lowest BCUT2D eigenvalue weighted by Crippen LogP contribution is -2.23. The molecular formula is C24H25N3O2. The van der Waals surface area contributed by atoms with Crippen molar-refractivity contribution in [1.29, 1.82) is 0 Å². The van der Waals surface area contributed by atoms with E-state index in [4.69, 9.17) is 4.74 Å². The minimum atomic E-state index is -0.252. The maximum Gasteiger partial charge on any atom is 0.410 e. The Morgan fingerprint density at radius 2 is 1.69 bits per heavy atom. The van der Waals surface area contributed by atoms with Gasteiger partial charge < -0.3 is 4.74 Å². The maximum atomic E-state index is 12.2. The first-order chi connectivity index (χ1) is 14.2. The van der Waals surface area contributed by atoms with E-state index < -0.39 is 0 Å². The van der Waals surface area contributed by atoms with Gasteiger partial charge in [0.1, 0.15) is 6.10 Å². The van der Waals surface area contributed by atoms with E-state index in [2.05, 4.69) is 41.2 Å². The molecule has 1 aliphatic heterocycles. The van der Waals surface area contributed by atoms with Gasteiger partial charge in [0.25, 0.3) is 0 Å². The van der Waals surface area contributed by atoms with E-state index in [-0.39, 0.29) is 12.2 Å². The highest BCUT2D eigenvalue weighted by molar-refractivity contribution is 5.70. The van der Waals surface area contributed by atoms with Crippen LogP contribution in [0.15, 0.2) is 79.0 Å². The third-order valence-corrected chi connectivity index (χ3v) is 5.07. The summed E-state index contributed by atoms with van der Waals surface area (Å²) in [5.41, 5.74) is 4.44. The highest BCUT2D eigenvalue weighted by Crippen LogP contribution is 2.27. The van der Waals surface area contributed by atoms with E-state index in [0.717, 1.165) is 29.9 Å². The molecule has 0 N–H and O–H groups in total. The molecule has 1 amide bonds. The van der Waals surface area contributed by atoms with Crippen LogP contribution in [0, 0.1) is 0 Å². The Balaban J connectivity index is 1.32. The second kappa shape index (κ2) is 8.88. The van der Waals surface area contributed by atoms with Gasteiger partial charge in [0.2, 0.25) is 0 Å². The number of aromatic nitrogens is 1. The minimum Gasteiger partial charge on any atom is -0.439 e. The summed E-state index contributed by atoms with van der Waals surface area (Å²) in [6.45, 7) is 2.80. The van der Waals surface area contributed by atoms with E-state index in [1.54, 1.807) is 4.90 Å². The van der Waals surface area contributed by atoms with Gasteiger partial charge in [-0.1, -0.05) is 60.7 Å². The van der Waals surface area contributed by atoms with Gasteiger partial charge in [0, 0.05) is 25.8 Å². The van der Waals surface area contributed by atoms with Crippen LogP contribution < -0.4 is 0 Å². The van der Waals surface area contributed by atoms with Crippen LogP contribution in [-0.4, -0.2) is 34.5 Å². The number of carbonyl (C=O) groups excluding carboxylic acids is 1. The number of pyridine rings is 1. The number of ether oxygens (including phenoxy) is 1. The standard InChI is InChI=1S/C24H25N3O2/c1-26(17-22-9-5-6-14-25-22)15-19-10-12-20(13-11-19)16-27-18-23(29-24(27)28)21-7-3-2-4-8-21/h2-14,23H,15-18H2,1H3. The molecule has 0 radical (unpaired) electrons. The fourth-order valence-corrected chi connectivity index (χ4v) is 3.58. The molecule has 5 nitrogen and oxygen atoms in total. The molecule has 5 heteroatoms. The van der Waals surface area contributed by atoms with E-state index in [0.29, 0.717) is 13.1 Å². The summed E-state index contributed by atoms with van der Waals surface area (Å²) in [5.74, 6) is 0. The molecule has 0 spiro atoms. The Hall–Kier alpha value is -3.18. The number of rotatable bonds is 7. The van der Waals surface area contributed by atoms with Gasteiger partial charge in [0.15, 0.2) is 0 Å². The number of benzene rings is 2. The number of hydrogen-bond acceptors (Lipinski definition) is 4. The lowest BCUT2D eigenvalue weighted by atomic mass is 10.1. The quantitative estimate of drug-likeness (QED) is 0.603. The molecule has 4 rings (SSSR count). The van der Waals surface area contributed by atoms with Gasteiger partial charge >= 0.3 is 6.09 Å². The molecule has 1 aromatic heterocycles. The lowest BCUT2D eigenvalue weighted by Gasteiger charge is -2.17.